The third kappa shape index (κ3) is 3.44. The minimum Gasteiger partial charge on any atom is -0.341 e. The lowest BCUT2D eigenvalue weighted by atomic mass is 9.95. The van der Waals surface area contributed by atoms with Gasteiger partial charge in [0, 0.05) is 30.4 Å². The molecule has 1 aromatic carbocycles. The van der Waals surface area contributed by atoms with Gasteiger partial charge < -0.3 is 20.9 Å². The van der Waals surface area contributed by atoms with Gasteiger partial charge in [-0.05, 0) is 49.9 Å². The summed E-state index contributed by atoms with van der Waals surface area (Å²) in [5, 5.41) is 8.99. The molecule has 0 bridgehead atoms. The molecule has 1 aromatic rings. The van der Waals surface area contributed by atoms with Crippen LogP contribution < -0.4 is 16.0 Å². The Labute approximate surface area is 152 Å². The Morgan fingerprint density at radius 3 is 2.69 bits per heavy atom. The number of benzene rings is 1. The summed E-state index contributed by atoms with van der Waals surface area (Å²) in [4.78, 5) is 38.3. The average molecular weight is 356 g/mol. The van der Waals surface area contributed by atoms with Crippen LogP contribution in [0.4, 0.5) is 11.4 Å². The SMILES string of the molecule is O=C1Cc2ccc(NC(=O)C3CCN(C(=O)[C@@H]4CCCN4)CC3)cc2N1. The Bertz CT molecular complexity index is 734. The van der Waals surface area contributed by atoms with E-state index in [2.05, 4.69) is 16.0 Å². The van der Waals surface area contributed by atoms with Crippen molar-refractivity contribution in [3.8, 4) is 0 Å². The van der Waals surface area contributed by atoms with E-state index < -0.39 is 0 Å². The maximum atomic E-state index is 12.6. The maximum absolute atomic E-state index is 12.6. The van der Waals surface area contributed by atoms with Crippen molar-refractivity contribution >= 4 is 29.1 Å². The van der Waals surface area contributed by atoms with Gasteiger partial charge in [-0.2, -0.15) is 0 Å². The smallest absolute Gasteiger partial charge is 0.239 e. The highest BCUT2D eigenvalue weighted by Crippen LogP contribution is 2.27. The van der Waals surface area contributed by atoms with Crippen LogP contribution in [0.5, 0.6) is 0 Å². The van der Waals surface area contributed by atoms with Crippen molar-refractivity contribution in [3.63, 3.8) is 0 Å². The summed E-state index contributed by atoms with van der Waals surface area (Å²) < 4.78 is 0. The molecule has 3 amide bonds. The molecule has 2 fully saturated rings. The molecule has 2 saturated heterocycles. The molecule has 0 spiro atoms. The van der Waals surface area contributed by atoms with Gasteiger partial charge in [0.25, 0.3) is 0 Å². The normalized spacial score (nSPS) is 22.8. The summed E-state index contributed by atoms with van der Waals surface area (Å²) in [6.45, 7) is 2.18. The van der Waals surface area contributed by atoms with Crippen LogP contribution in [0.15, 0.2) is 18.2 Å². The van der Waals surface area contributed by atoms with Crippen molar-refractivity contribution in [3.05, 3.63) is 23.8 Å². The van der Waals surface area contributed by atoms with E-state index in [9.17, 15) is 14.4 Å². The number of nitrogens with zero attached hydrogens (tertiary/aromatic N) is 1. The van der Waals surface area contributed by atoms with Crippen LogP contribution in [-0.2, 0) is 20.8 Å². The first-order valence-corrected chi connectivity index (χ1v) is 9.36. The first-order chi connectivity index (χ1) is 12.6. The number of anilines is 2. The van der Waals surface area contributed by atoms with E-state index in [0.717, 1.165) is 30.6 Å². The Morgan fingerprint density at radius 2 is 1.96 bits per heavy atom. The van der Waals surface area contributed by atoms with Gasteiger partial charge in [-0.1, -0.05) is 6.07 Å². The van der Waals surface area contributed by atoms with Gasteiger partial charge in [-0.15, -0.1) is 0 Å². The molecule has 0 aromatic heterocycles. The van der Waals surface area contributed by atoms with Crippen molar-refractivity contribution in [1.82, 2.24) is 10.2 Å². The van der Waals surface area contributed by atoms with Crippen LogP contribution in [0, 0.1) is 5.92 Å². The topological polar surface area (TPSA) is 90.5 Å². The fraction of sp³-hybridized carbons (Fsp3) is 0.526. The molecule has 0 unspecified atom stereocenters. The first-order valence-electron chi connectivity index (χ1n) is 9.36. The van der Waals surface area contributed by atoms with E-state index in [1.165, 1.54) is 0 Å². The molecular weight excluding hydrogens is 332 g/mol. The molecule has 1 atom stereocenters. The number of hydrogen-bond acceptors (Lipinski definition) is 4. The predicted molar refractivity (Wildman–Crippen MR) is 97.7 cm³/mol. The average Bonchev–Trinajstić information content (AvgIpc) is 3.29. The van der Waals surface area contributed by atoms with Gasteiger partial charge in [-0.3, -0.25) is 14.4 Å². The van der Waals surface area contributed by atoms with E-state index >= 15 is 0 Å². The van der Waals surface area contributed by atoms with Crippen molar-refractivity contribution in [2.45, 2.75) is 38.1 Å². The Kier molecular flexibility index (Phi) is 4.63. The second kappa shape index (κ2) is 7.07. The summed E-state index contributed by atoms with van der Waals surface area (Å²) in [5.41, 5.74) is 2.43. The minimum absolute atomic E-state index is 0.0136. The number of carbonyl (C=O) groups is 3. The van der Waals surface area contributed by atoms with E-state index in [-0.39, 0.29) is 29.7 Å². The lowest BCUT2D eigenvalue weighted by Gasteiger charge is -2.33. The molecule has 3 aliphatic rings. The Balaban J connectivity index is 1.30. The fourth-order valence-electron chi connectivity index (χ4n) is 4.01. The Morgan fingerprint density at radius 1 is 1.15 bits per heavy atom. The van der Waals surface area contributed by atoms with E-state index in [1.54, 1.807) is 0 Å². The highest BCUT2D eigenvalue weighted by Gasteiger charge is 2.32. The van der Waals surface area contributed by atoms with Gasteiger partial charge in [0.15, 0.2) is 0 Å². The number of hydrogen-bond donors (Lipinski definition) is 3. The summed E-state index contributed by atoms with van der Waals surface area (Å²) in [6.07, 6.45) is 3.73. The third-order valence-corrected chi connectivity index (χ3v) is 5.54. The zero-order chi connectivity index (χ0) is 18.1. The predicted octanol–water partition coefficient (Wildman–Crippen LogP) is 1.11. The van der Waals surface area contributed by atoms with Gasteiger partial charge in [-0.25, -0.2) is 0 Å². The number of nitrogens with one attached hydrogen (secondary N) is 3. The summed E-state index contributed by atoms with van der Waals surface area (Å²) >= 11 is 0. The number of likely N-dealkylation sites (tertiary alicyclic amines) is 1. The largest absolute Gasteiger partial charge is 0.341 e. The molecule has 0 radical (unpaired) electrons. The fourth-order valence-corrected chi connectivity index (χ4v) is 4.01. The van der Waals surface area contributed by atoms with E-state index in [4.69, 9.17) is 0 Å². The van der Waals surface area contributed by atoms with Crippen molar-refractivity contribution in [2.75, 3.05) is 30.3 Å². The molecule has 3 heterocycles. The van der Waals surface area contributed by atoms with Gasteiger partial charge >= 0.3 is 0 Å². The van der Waals surface area contributed by atoms with Gasteiger partial charge in [0.05, 0.1) is 12.5 Å². The minimum atomic E-state index is -0.0848. The highest BCUT2D eigenvalue weighted by molar-refractivity contribution is 6.01. The quantitative estimate of drug-likeness (QED) is 0.757. The number of rotatable bonds is 3. The monoisotopic (exact) mass is 356 g/mol. The maximum Gasteiger partial charge on any atom is 0.239 e. The second-order valence-corrected chi connectivity index (χ2v) is 7.33. The molecule has 4 rings (SSSR count). The summed E-state index contributed by atoms with van der Waals surface area (Å²) in [6, 6.07) is 5.48. The van der Waals surface area contributed by atoms with Crippen LogP contribution in [0.1, 0.15) is 31.2 Å². The molecular formula is C19H24N4O3. The van der Waals surface area contributed by atoms with Crippen LogP contribution in [0.2, 0.25) is 0 Å². The molecule has 0 aliphatic carbocycles. The number of carbonyl (C=O) groups excluding carboxylic acids is 3. The van der Waals surface area contributed by atoms with Crippen LogP contribution in [0.25, 0.3) is 0 Å². The number of piperidine rings is 1. The molecule has 138 valence electrons. The Hall–Kier alpha value is -2.41. The van der Waals surface area contributed by atoms with Crippen LogP contribution in [0.3, 0.4) is 0 Å². The molecule has 7 heteroatoms. The second-order valence-electron chi connectivity index (χ2n) is 7.33. The molecule has 7 nitrogen and oxygen atoms in total. The summed E-state index contributed by atoms with van der Waals surface area (Å²) in [7, 11) is 0. The van der Waals surface area contributed by atoms with Gasteiger partial charge in [0.1, 0.15) is 0 Å². The number of fused-ring (bicyclic) bond motifs is 1. The standard InChI is InChI=1S/C19H24N4O3/c24-17-10-13-3-4-14(11-16(13)22-17)21-18(25)12-5-8-23(9-6-12)19(26)15-2-1-7-20-15/h3-4,11-12,15,20H,1-2,5-10H2,(H,21,25)(H,22,24)/t15-/m0/s1. The molecule has 26 heavy (non-hydrogen) atoms. The molecule has 3 N–H and O–H groups in total. The van der Waals surface area contributed by atoms with Gasteiger partial charge in [0.2, 0.25) is 17.7 Å². The third-order valence-electron chi connectivity index (χ3n) is 5.54. The van der Waals surface area contributed by atoms with E-state index in [0.29, 0.717) is 38.0 Å². The first kappa shape index (κ1) is 17.0. The van der Waals surface area contributed by atoms with Crippen molar-refractivity contribution in [2.24, 2.45) is 5.92 Å². The lowest BCUT2D eigenvalue weighted by molar-refractivity contribution is -0.136. The molecule has 3 aliphatic heterocycles. The molecule has 0 saturated carbocycles. The lowest BCUT2D eigenvalue weighted by Crippen LogP contribution is -2.48. The van der Waals surface area contributed by atoms with E-state index in [1.807, 2.05) is 23.1 Å². The zero-order valence-electron chi connectivity index (χ0n) is 14.7. The number of amides is 3. The van der Waals surface area contributed by atoms with Crippen LogP contribution >= 0.6 is 0 Å². The van der Waals surface area contributed by atoms with Crippen LogP contribution in [-0.4, -0.2) is 48.3 Å². The summed E-state index contributed by atoms with van der Waals surface area (Å²) in [5.74, 6) is 0.0618. The van der Waals surface area contributed by atoms with Crippen molar-refractivity contribution in [1.29, 1.82) is 0 Å². The zero-order valence-corrected chi connectivity index (χ0v) is 14.7. The van der Waals surface area contributed by atoms with Crippen molar-refractivity contribution < 1.29 is 14.4 Å². The highest BCUT2D eigenvalue weighted by atomic mass is 16.2.